The minimum atomic E-state index is -1.84. The first kappa shape index (κ1) is 13.7. The lowest BCUT2D eigenvalue weighted by Gasteiger charge is -2.25. The number of Topliss-reactive ketones (excluding diaryl/α,β-unsaturated/α-hetero) is 1. The van der Waals surface area contributed by atoms with Crippen molar-refractivity contribution < 1.29 is 14.8 Å². The molecule has 1 aromatic rings. The predicted octanol–water partition coefficient (Wildman–Crippen LogP) is 1.40. The van der Waals surface area contributed by atoms with Gasteiger partial charge in [0.2, 0.25) is 0 Å². The minimum Gasteiger partial charge on any atom is -0.376 e. The van der Waals surface area contributed by atoms with Gasteiger partial charge in [0.1, 0.15) is 0 Å². The number of ketones is 1. The Kier molecular flexibility index (Phi) is 3.03. The van der Waals surface area contributed by atoms with E-state index in [9.17, 15) is 20.0 Å². The summed E-state index contributed by atoms with van der Waals surface area (Å²) in [6.07, 6.45) is 1.33. The summed E-state index contributed by atoms with van der Waals surface area (Å²) in [7, 11) is 0. The van der Waals surface area contributed by atoms with Gasteiger partial charge in [-0.3, -0.25) is 14.9 Å². The van der Waals surface area contributed by atoms with E-state index in [0.717, 1.165) is 0 Å². The molecule has 2 saturated carbocycles. The molecule has 0 amide bonds. The van der Waals surface area contributed by atoms with Crippen LogP contribution in [0.3, 0.4) is 0 Å². The first-order valence-electron chi connectivity index (χ1n) is 6.89. The smallest absolute Gasteiger partial charge is 0.255 e. The summed E-state index contributed by atoms with van der Waals surface area (Å²) >= 11 is 0. The van der Waals surface area contributed by atoms with Gasteiger partial charge >= 0.3 is 0 Å². The molecule has 1 aromatic carbocycles. The zero-order valence-electron chi connectivity index (χ0n) is 11.2. The van der Waals surface area contributed by atoms with Crippen LogP contribution in [0.2, 0.25) is 0 Å². The van der Waals surface area contributed by atoms with E-state index in [1.807, 2.05) is 6.07 Å². The number of hydrogen-bond acceptors (Lipinski definition) is 5. The van der Waals surface area contributed by atoms with Crippen molar-refractivity contribution in [3.8, 4) is 6.07 Å². The van der Waals surface area contributed by atoms with Crippen molar-refractivity contribution in [2.24, 2.45) is 5.92 Å². The van der Waals surface area contributed by atoms with Crippen LogP contribution in [-0.2, 0) is 4.79 Å². The molecule has 0 unspecified atom stereocenters. The number of carbonyl (C=O) groups is 1. The normalized spacial score (nSPS) is 34.5. The van der Waals surface area contributed by atoms with Crippen LogP contribution in [-0.4, -0.2) is 27.5 Å². The Balaban J connectivity index is 2.08. The van der Waals surface area contributed by atoms with Crippen molar-refractivity contribution in [1.29, 1.82) is 5.26 Å². The van der Waals surface area contributed by atoms with Crippen LogP contribution >= 0.6 is 0 Å². The number of nitro groups is 1. The second kappa shape index (κ2) is 4.64. The molecule has 21 heavy (non-hydrogen) atoms. The van der Waals surface area contributed by atoms with Crippen LogP contribution in [0.5, 0.6) is 0 Å². The Labute approximate surface area is 121 Å². The molecule has 1 N–H and O–H groups in total. The first-order chi connectivity index (χ1) is 9.99. The average Bonchev–Trinajstić information content (AvgIpc) is 2.60. The van der Waals surface area contributed by atoms with E-state index in [0.29, 0.717) is 24.0 Å². The second-order valence-corrected chi connectivity index (χ2v) is 5.78. The highest BCUT2D eigenvalue weighted by Gasteiger charge is 2.67. The maximum Gasteiger partial charge on any atom is 0.255 e. The summed E-state index contributed by atoms with van der Waals surface area (Å²) in [5.74, 6) is -1.52. The van der Waals surface area contributed by atoms with Gasteiger partial charge in [-0.25, -0.2) is 0 Å². The van der Waals surface area contributed by atoms with E-state index in [1.54, 1.807) is 24.3 Å². The van der Waals surface area contributed by atoms with E-state index in [2.05, 4.69) is 0 Å². The lowest BCUT2D eigenvalue weighted by Crippen LogP contribution is -2.49. The third kappa shape index (κ3) is 1.85. The molecule has 0 spiro atoms. The molecule has 4 atom stereocenters. The topological polar surface area (TPSA) is 104 Å². The van der Waals surface area contributed by atoms with E-state index < -0.39 is 34.2 Å². The SMILES string of the molecule is N#Cc1ccc([C@H]2[C@H]([N+](=O)[O-])[C@]3(O)CCC[C@H]2C3=O)cc1. The lowest BCUT2D eigenvalue weighted by atomic mass is 9.82. The largest absolute Gasteiger partial charge is 0.376 e. The second-order valence-electron chi connectivity index (χ2n) is 5.78. The minimum absolute atomic E-state index is 0.154. The third-order valence-corrected chi connectivity index (χ3v) is 4.75. The molecule has 0 heterocycles. The lowest BCUT2D eigenvalue weighted by molar-refractivity contribution is -0.542. The molecule has 108 valence electrons. The maximum atomic E-state index is 12.3. The van der Waals surface area contributed by atoms with Gasteiger partial charge in [-0.05, 0) is 37.0 Å². The molecule has 2 fully saturated rings. The highest BCUT2D eigenvalue weighted by Crippen LogP contribution is 2.51. The summed E-state index contributed by atoms with van der Waals surface area (Å²) in [5.41, 5.74) is -0.736. The number of nitriles is 1. The summed E-state index contributed by atoms with van der Waals surface area (Å²) < 4.78 is 0. The molecule has 6 heteroatoms. The van der Waals surface area contributed by atoms with Crippen LogP contribution in [0.1, 0.15) is 36.3 Å². The van der Waals surface area contributed by atoms with Gasteiger partial charge in [0.15, 0.2) is 11.4 Å². The number of carbonyl (C=O) groups excluding carboxylic acids is 1. The fraction of sp³-hybridized carbons (Fsp3) is 0.467. The van der Waals surface area contributed by atoms with E-state index in [-0.39, 0.29) is 6.42 Å². The van der Waals surface area contributed by atoms with Crippen LogP contribution in [0.4, 0.5) is 0 Å². The maximum absolute atomic E-state index is 12.3. The first-order valence-corrected chi connectivity index (χ1v) is 6.89. The van der Waals surface area contributed by atoms with Crippen molar-refractivity contribution in [2.75, 3.05) is 0 Å². The third-order valence-electron chi connectivity index (χ3n) is 4.75. The molecule has 2 aliphatic carbocycles. The van der Waals surface area contributed by atoms with Gasteiger partial charge in [-0.15, -0.1) is 0 Å². The Bertz CT molecular complexity index is 649. The molecule has 0 saturated heterocycles. The van der Waals surface area contributed by atoms with Crippen molar-refractivity contribution in [2.45, 2.75) is 36.8 Å². The average molecular weight is 286 g/mol. The number of rotatable bonds is 2. The standard InChI is InChI=1S/C15H14N2O4/c16-8-9-3-5-10(6-4-9)12-11-2-1-7-15(19,14(11)18)13(12)17(20)21/h3-6,11-13,19H,1-2,7H2/t11-,12-,13+,15-/m1/s1. The molecule has 0 aliphatic heterocycles. The molecule has 0 aromatic heterocycles. The number of hydrogen-bond donors (Lipinski definition) is 1. The monoisotopic (exact) mass is 286 g/mol. The fourth-order valence-corrected chi connectivity index (χ4v) is 3.82. The summed E-state index contributed by atoms with van der Waals surface area (Å²) in [6.45, 7) is 0. The van der Waals surface area contributed by atoms with Gasteiger partial charge in [-0.1, -0.05) is 12.1 Å². The Morgan fingerprint density at radius 2 is 2.05 bits per heavy atom. The quantitative estimate of drug-likeness (QED) is 0.653. The summed E-state index contributed by atoms with van der Waals surface area (Å²) in [5, 5.41) is 30.8. The highest BCUT2D eigenvalue weighted by molar-refractivity contribution is 5.94. The molecule has 0 radical (unpaired) electrons. The van der Waals surface area contributed by atoms with Gasteiger partial charge in [0.05, 0.1) is 17.6 Å². The molecular weight excluding hydrogens is 272 g/mol. The Morgan fingerprint density at radius 3 is 2.62 bits per heavy atom. The Hall–Kier alpha value is -2.26. The number of aliphatic hydroxyl groups is 1. The van der Waals surface area contributed by atoms with Gasteiger partial charge in [-0.2, -0.15) is 5.26 Å². The van der Waals surface area contributed by atoms with Gasteiger partial charge in [0.25, 0.3) is 6.04 Å². The summed E-state index contributed by atoms with van der Waals surface area (Å²) in [4.78, 5) is 23.2. The van der Waals surface area contributed by atoms with E-state index >= 15 is 0 Å². The zero-order valence-corrected chi connectivity index (χ0v) is 11.2. The van der Waals surface area contributed by atoms with Crippen molar-refractivity contribution in [3.05, 3.63) is 45.5 Å². The van der Waals surface area contributed by atoms with E-state index in [4.69, 9.17) is 5.26 Å². The number of fused-ring (bicyclic) bond motifs is 2. The van der Waals surface area contributed by atoms with E-state index in [1.165, 1.54) is 0 Å². The van der Waals surface area contributed by atoms with Crippen molar-refractivity contribution >= 4 is 5.78 Å². The molecule has 2 bridgehead atoms. The van der Waals surface area contributed by atoms with Crippen LogP contribution in [0.25, 0.3) is 0 Å². The predicted molar refractivity (Wildman–Crippen MR) is 72.0 cm³/mol. The number of nitrogens with zero attached hydrogens (tertiary/aromatic N) is 2. The summed E-state index contributed by atoms with van der Waals surface area (Å²) in [6, 6.07) is 7.16. The fourth-order valence-electron chi connectivity index (χ4n) is 3.82. The van der Waals surface area contributed by atoms with Gasteiger partial charge < -0.3 is 5.11 Å². The molecule has 2 aliphatic rings. The van der Waals surface area contributed by atoms with Crippen LogP contribution in [0.15, 0.2) is 24.3 Å². The van der Waals surface area contributed by atoms with Crippen molar-refractivity contribution in [3.63, 3.8) is 0 Å². The zero-order chi connectivity index (χ0) is 15.2. The van der Waals surface area contributed by atoms with Crippen LogP contribution in [0, 0.1) is 27.4 Å². The molecular formula is C15H14N2O4. The highest BCUT2D eigenvalue weighted by atomic mass is 16.6. The molecule has 3 rings (SSSR count). The van der Waals surface area contributed by atoms with Gasteiger partial charge in [0, 0.05) is 10.8 Å². The van der Waals surface area contributed by atoms with Crippen LogP contribution < -0.4 is 0 Å². The van der Waals surface area contributed by atoms with Crippen molar-refractivity contribution in [1.82, 2.24) is 0 Å². The molecule has 6 nitrogen and oxygen atoms in total. The Morgan fingerprint density at radius 1 is 1.38 bits per heavy atom. The number of benzene rings is 1.